The van der Waals surface area contributed by atoms with Gasteiger partial charge in [-0.1, -0.05) is 97.6 Å². The first-order valence-corrected chi connectivity index (χ1v) is 18.8. The monoisotopic (exact) mass is 756 g/mol. The summed E-state index contributed by atoms with van der Waals surface area (Å²) in [6, 6.07) is 16.3. The van der Waals surface area contributed by atoms with Gasteiger partial charge in [-0.3, -0.25) is 4.79 Å². The van der Waals surface area contributed by atoms with Crippen molar-refractivity contribution in [1.29, 1.82) is 0 Å². The molecule has 0 aromatic heterocycles. The van der Waals surface area contributed by atoms with Gasteiger partial charge in [-0.25, -0.2) is 19.2 Å². The average Bonchev–Trinajstić information content (AvgIpc) is 3.20. The highest BCUT2D eigenvalue weighted by Gasteiger charge is 2.23. The van der Waals surface area contributed by atoms with Gasteiger partial charge in [0.2, 0.25) is 13.6 Å². The third-order valence-corrected chi connectivity index (χ3v) is 8.68. The molecule has 0 amide bonds. The number of ether oxygens (including phenoxy) is 6. The Morgan fingerprint density at radius 1 is 0.582 bits per heavy atom. The maximum atomic E-state index is 13.9. The molecule has 0 bridgehead atoms. The fraction of sp³-hybridized carbons (Fsp3) is 0.386. The van der Waals surface area contributed by atoms with Crippen LogP contribution in [0.1, 0.15) is 122 Å². The second kappa shape index (κ2) is 24.6. The highest BCUT2D eigenvalue weighted by Crippen LogP contribution is 2.30. The van der Waals surface area contributed by atoms with Gasteiger partial charge in [-0.15, -0.1) is 0 Å². The Balaban J connectivity index is 1.67. The number of Topliss-reactive ketones (excluding diaryl/α,β-unsaturated/α-hetero) is 1. The van der Waals surface area contributed by atoms with E-state index < -0.39 is 23.9 Å². The van der Waals surface area contributed by atoms with Crippen LogP contribution >= 0.6 is 0 Å². The number of rotatable bonds is 26. The lowest BCUT2D eigenvalue weighted by atomic mass is 9.93. The van der Waals surface area contributed by atoms with Crippen molar-refractivity contribution in [2.24, 2.45) is 5.92 Å². The summed E-state index contributed by atoms with van der Waals surface area (Å²) in [6.45, 7) is 10.0. The van der Waals surface area contributed by atoms with Crippen LogP contribution in [-0.4, -0.2) is 43.2 Å². The van der Waals surface area contributed by atoms with Crippen LogP contribution in [0.25, 0.3) is 0 Å². The molecule has 0 saturated heterocycles. The molecule has 0 heterocycles. The van der Waals surface area contributed by atoms with E-state index in [0.717, 1.165) is 31.4 Å². The van der Waals surface area contributed by atoms with E-state index in [9.17, 15) is 24.0 Å². The van der Waals surface area contributed by atoms with E-state index in [1.54, 1.807) is 0 Å². The molecule has 0 aliphatic carbocycles. The number of unbranched alkanes of at least 4 members (excludes halogenated alkanes) is 10. The van der Waals surface area contributed by atoms with Crippen molar-refractivity contribution in [3.63, 3.8) is 0 Å². The highest BCUT2D eigenvalue weighted by molar-refractivity contribution is 6.02. The number of ketones is 1. The average molecular weight is 757 g/mol. The van der Waals surface area contributed by atoms with Crippen LogP contribution in [-0.2, 0) is 19.1 Å². The minimum Gasteiger partial charge on any atom is -0.457 e. The second-order valence-corrected chi connectivity index (χ2v) is 12.9. The molecular weight excluding hydrogens is 704 g/mol. The fourth-order valence-corrected chi connectivity index (χ4v) is 5.49. The van der Waals surface area contributed by atoms with Gasteiger partial charge in [-0.05, 0) is 73.2 Å². The SMILES string of the molecule is C=CC(=O)OCOc1ccc(C(=O)Oc2ccc(OC(=O)c3ccc(OCOC(=O)C=C)cc3)c(C(=O)C(C)CCCCCCCCCCCCC)c2)cc1. The zero-order valence-corrected chi connectivity index (χ0v) is 31.9. The van der Waals surface area contributed by atoms with Crippen molar-refractivity contribution in [1.82, 2.24) is 0 Å². The summed E-state index contributed by atoms with van der Waals surface area (Å²) in [4.78, 5) is 62.6. The molecule has 0 saturated carbocycles. The van der Waals surface area contributed by atoms with Crippen LogP contribution in [0.4, 0.5) is 0 Å². The molecule has 0 spiro atoms. The van der Waals surface area contributed by atoms with Gasteiger partial charge in [0.1, 0.15) is 23.0 Å². The van der Waals surface area contributed by atoms with Crippen molar-refractivity contribution in [3.8, 4) is 23.0 Å². The molecule has 294 valence electrons. The fourth-order valence-electron chi connectivity index (χ4n) is 5.49. The zero-order valence-electron chi connectivity index (χ0n) is 31.9. The summed E-state index contributed by atoms with van der Waals surface area (Å²) < 4.78 is 31.6. The predicted octanol–water partition coefficient (Wildman–Crippen LogP) is 9.78. The Morgan fingerprint density at radius 2 is 1.02 bits per heavy atom. The molecule has 3 aromatic rings. The topological polar surface area (TPSA) is 141 Å². The first-order valence-electron chi connectivity index (χ1n) is 18.8. The summed E-state index contributed by atoms with van der Waals surface area (Å²) in [5.74, 6) is -2.48. The molecule has 3 aromatic carbocycles. The van der Waals surface area contributed by atoms with Gasteiger partial charge in [0, 0.05) is 18.1 Å². The molecule has 0 N–H and O–H groups in total. The van der Waals surface area contributed by atoms with Crippen molar-refractivity contribution in [2.45, 2.75) is 90.9 Å². The first kappa shape index (κ1) is 43.7. The van der Waals surface area contributed by atoms with Gasteiger partial charge >= 0.3 is 23.9 Å². The molecule has 11 nitrogen and oxygen atoms in total. The van der Waals surface area contributed by atoms with Crippen molar-refractivity contribution < 1.29 is 52.4 Å². The number of carbonyl (C=O) groups excluding carboxylic acids is 5. The van der Waals surface area contributed by atoms with E-state index in [1.165, 1.54) is 118 Å². The number of benzene rings is 3. The summed E-state index contributed by atoms with van der Waals surface area (Å²) in [5, 5.41) is 0. The Hall–Kier alpha value is -5.71. The summed E-state index contributed by atoms with van der Waals surface area (Å²) in [7, 11) is 0. The standard InChI is InChI=1S/C44H52O11/c1-5-8-9-10-11-12-13-14-15-16-17-18-32(4)42(47)38-29-37(54-43(48)33-19-23-35(24-20-33)50-30-52-40(45)6-2)27-28-39(38)55-44(49)34-21-25-36(26-22-34)51-31-53-41(46)7-3/h6-7,19-29,32H,2-3,5,8-18,30-31H2,1,4H3. The van der Waals surface area contributed by atoms with Crippen molar-refractivity contribution in [2.75, 3.05) is 13.6 Å². The Labute approximate surface area is 323 Å². The smallest absolute Gasteiger partial charge is 0.343 e. The maximum absolute atomic E-state index is 13.9. The van der Waals surface area contributed by atoms with Crippen LogP contribution in [0, 0.1) is 5.92 Å². The number of esters is 4. The van der Waals surface area contributed by atoms with Gasteiger partial charge in [-0.2, -0.15) is 0 Å². The summed E-state index contributed by atoms with van der Waals surface area (Å²) in [6.07, 6.45) is 15.9. The first-order chi connectivity index (χ1) is 26.6. The number of hydrogen-bond acceptors (Lipinski definition) is 11. The van der Waals surface area contributed by atoms with E-state index in [-0.39, 0.29) is 53.5 Å². The molecule has 11 heteroatoms. The quantitative estimate of drug-likeness (QED) is 0.0193. The Bertz CT molecular complexity index is 1710. The second-order valence-electron chi connectivity index (χ2n) is 12.9. The molecule has 55 heavy (non-hydrogen) atoms. The minimum atomic E-state index is -0.719. The lowest BCUT2D eigenvalue weighted by molar-refractivity contribution is -0.145. The van der Waals surface area contributed by atoms with Crippen molar-refractivity contribution >= 4 is 29.7 Å². The molecule has 0 aliphatic heterocycles. The van der Waals surface area contributed by atoms with Crippen LogP contribution in [0.15, 0.2) is 92.0 Å². The molecule has 1 atom stereocenters. The number of carbonyl (C=O) groups is 5. The minimum absolute atomic E-state index is 0.0240. The third-order valence-electron chi connectivity index (χ3n) is 8.68. The molecule has 0 radical (unpaired) electrons. The van der Waals surface area contributed by atoms with Crippen LogP contribution in [0.2, 0.25) is 0 Å². The zero-order chi connectivity index (χ0) is 39.8. The van der Waals surface area contributed by atoms with E-state index in [2.05, 4.69) is 20.1 Å². The van der Waals surface area contributed by atoms with Gasteiger partial charge in [0.25, 0.3) is 0 Å². The molecule has 3 rings (SSSR count). The lowest BCUT2D eigenvalue weighted by Gasteiger charge is -2.16. The van der Waals surface area contributed by atoms with E-state index >= 15 is 0 Å². The van der Waals surface area contributed by atoms with Gasteiger partial charge < -0.3 is 28.4 Å². The molecular formula is C44H52O11. The third kappa shape index (κ3) is 16.1. The van der Waals surface area contributed by atoms with Gasteiger partial charge in [0.15, 0.2) is 5.78 Å². The lowest BCUT2D eigenvalue weighted by Crippen LogP contribution is -2.16. The molecule has 0 fully saturated rings. The van der Waals surface area contributed by atoms with Gasteiger partial charge in [0.05, 0.1) is 16.7 Å². The number of hydrogen-bond donors (Lipinski definition) is 0. The van der Waals surface area contributed by atoms with Crippen molar-refractivity contribution in [3.05, 3.63) is 109 Å². The Kier molecular flexibility index (Phi) is 19.5. The maximum Gasteiger partial charge on any atom is 0.343 e. The normalized spacial score (nSPS) is 11.1. The summed E-state index contributed by atoms with van der Waals surface area (Å²) >= 11 is 0. The molecule has 0 aliphatic rings. The van der Waals surface area contributed by atoms with Crippen LogP contribution in [0.5, 0.6) is 23.0 Å². The predicted molar refractivity (Wildman–Crippen MR) is 207 cm³/mol. The van der Waals surface area contributed by atoms with E-state index in [4.69, 9.17) is 28.4 Å². The summed E-state index contributed by atoms with van der Waals surface area (Å²) in [5.41, 5.74) is 0.496. The van der Waals surface area contributed by atoms with E-state index in [0.29, 0.717) is 17.9 Å². The largest absolute Gasteiger partial charge is 0.457 e. The van der Waals surface area contributed by atoms with E-state index in [1.807, 2.05) is 6.92 Å². The Morgan fingerprint density at radius 3 is 1.49 bits per heavy atom. The highest BCUT2D eigenvalue weighted by atomic mass is 16.7. The van der Waals surface area contributed by atoms with Crippen LogP contribution < -0.4 is 18.9 Å². The van der Waals surface area contributed by atoms with Crippen LogP contribution in [0.3, 0.4) is 0 Å². The molecule has 1 unspecified atom stereocenters.